The number of sulfone groups is 1. The second-order valence-corrected chi connectivity index (χ2v) is 9.51. The van der Waals surface area contributed by atoms with Crippen molar-refractivity contribution in [2.75, 3.05) is 11.6 Å². The zero-order chi connectivity index (χ0) is 14.8. The molecule has 0 aromatic heterocycles. The van der Waals surface area contributed by atoms with E-state index in [9.17, 15) is 13.2 Å². The number of amides is 1. The lowest BCUT2D eigenvalue weighted by Crippen LogP contribution is -2.54. The van der Waals surface area contributed by atoms with Crippen molar-refractivity contribution in [3.8, 4) is 0 Å². The van der Waals surface area contributed by atoms with Gasteiger partial charge in [0, 0.05) is 17.6 Å². The van der Waals surface area contributed by atoms with Crippen LogP contribution in [0.3, 0.4) is 0 Å². The Morgan fingerprint density at radius 1 is 1.22 bits per heavy atom. The number of rotatable bonds is 5. The summed E-state index contributed by atoms with van der Waals surface area (Å²) in [6.07, 6.45) is 1.85. The maximum absolute atomic E-state index is 12.1. The number of hydrogen-bond acceptors (Lipinski definition) is 3. The predicted molar refractivity (Wildman–Crippen MR) is 78.7 cm³/mol. The SMILES string of the molecule is CC(C)(C)C(CCBr)NC(=O)C(C)(C)S(C)(=O)=O. The van der Waals surface area contributed by atoms with Crippen LogP contribution >= 0.6 is 15.9 Å². The second kappa shape index (κ2) is 5.90. The molecule has 4 nitrogen and oxygen atoms in total. The Kier molecular flexibility index (Phi) is 5.87. The zero-order valence-corrected chi connectivity index (χ0v) is 14.4. The third-order valence-electron chi connectivity index (χ3n) is 3.22. The van der Waals surface area contributed by atoms with Crippen LogP contribution in [0.15, 0.2) is 0 Å². The van der Waals surface area contributed by atoms with Gasteiger partial charge < -0.3 is 5.32 Å². The first-order valence-corrected chi connectivity index (χ1v) is 8.92. The van der Waals surface area contributed by atoms with Crippen LogP contribution in [-0.4, -0.2) is 36.7 Å². The van der Waals surface area contributed by atoms with Crippen LogP contribution in [0.5, 0.6) is 0 Å². The van der Waals surface area contributed by atoms with Gasteiger partial charge in [-0.3, -0.25) is 4.79 Å². The number of alkyl halides is 1. The summed E-state index contributed by atoms with van der Waals surface area (Å²) in [5, 5.41) is 3.62. The summed E-state index contributed by atoms with van der Waals surface area (Å²) >= 11 is 3.35. The summed E-state index contributed by atoms with van der Waals surface area (Å²) in [4.78, 5) is 12.1. The highest BCUT2D eigenvalue weighted by Gasteiger charge is 2.40. The standard InChI is InChI=1S/C12H24BrNO3S/c1-11(2,3)9(7-8-13)14-10(15)12(4,5)18(6,16)17/h9H,7-8H2,1-6H3,(H,14,15). The van der Waals surface area contributed by atoms with Crippen LogP contribution in [0.2, 0.25) is 0 Å². The fourth-order valence-corrected chi connectivity index (χ4v) is 2.18. The molecule has 0 rings (SSSR count). The molecule has 0 radical (unpaired) electrons. The number of carbonyl (C=O) groups is 1. The molecular formula is C12H24BrNO3S. The number of halogens is 1. The van der Waals surface area contributed by atoms with Gasteiger partial charge in [0.2, 0.25) is 5.91 Å². The molecule has 6 heteroatoms. The van der Waals surface area contributed by atoms with Gasteiger partial charge in [-0.25, -0.2) is 8.42 Å². The Hall–Kier alpha value is -0.100. The van der Waals surface area contributed by atoms with Crippen molar-refractivity contribution in [1.82, 2.24) is 5.32 Å². The van der Waals surface area contributed by atoms with Crippen molar-refractivity contribution >= 4 is 31.7 Å². The number of carbonyl (C=O) groups excluding carboxylic acids is 1. The van der Waals surface area contributed by atoms with Crippen LogP contribution in [-0.2, 0) is 14.6 Å². The van der Waals surface area contributed by atoms with Crippen molar-refractivity contribution < 1.29 is 13.2 Å². The van der Waals surface area contributed by atoms with E-state index in [0.29, 0.717) is 0 Å². The molecule has 0 saturated heterocycles. The first-order chi connectivity index (χ1) is 7.84. The van der Waals surface area contributed by atoms with Gasteiger partial charge in [0.15, 0.2) is 9.84 Å². The number of nitrogens with one attached hydrogen (secondary N) is 1. The first kappa shape index (κ1) is 17.9. The van der Waals surface area contributed by atoms with E-state index < -0.39 is 20.5 Å². The average molecular weight is 342 g/mol. The molecule has 0 aliphatic rings. The fraction of sp³-hybridized carbons (Fsp3) is 0.917. The lowest BCUT2D eigenvalue weighted by atomic mass is 9.85. The van der Waals surface area contributed by atoms with Crippen LogP contribution in [0.4, 0.5) is 0 Å². The minimum atomic E-state index is -3.43. The van der Waals surface area contributed by atoms with E-state index in [2.05, 4.69) is 21.2 Å². The highest BCUT2D eigenvalue weighted by Crippen LogP contribution is 2.24. The summed E-state index contributed by atoms with van der Waals surface area (Å²) in [6.45, 7) is 8.94. The van der Waals surface area contributed by atoms with E-state index in [1.165, 1.54) is 13.8 Å². The minimum absolute atomic E-state index is 0.0644. The maximum atomic E-state index is 12.1. The molecule has 0 spiro atoms. The molecule has 0 aliphatic carbocycles. The lowest BCUT2D eigenvalue weighted by molar-refractivity contribution is -0.124. The second-order valence-electron chi connectivity index (χ2n) is 6.15. The predicted octanol–water partition coefficient (Wildman–Crippen LogP) is 2.13. The monoisotopic (exact) mass is 341 g/mol. The molecule has 18 heavy (non-hydrogen) atoms. The molecule has 0 aliphatic heterocycles. The van der Waals surface area contributed by atoms with Gasteiger partial charge in [-0.1, -0.05) is 36.7 Å². The normalized spacial score (nSPS) is 15.3. The topological polar surface area (TPSA) is 63.2 Å². The zero-order valence-electron chi connectivity index (χ0n) is 12.0. The molecule has 0 fully saturated rings. The first-order valence-electron chi connectivity index (χ1n) is 5.90. The molecule has 0 aromatic carbocycles. The maximum Gasteiger partial charge on any atom is 0.241 e. The molecule has 0 heterocycles. The van der Waals surface area contributed by atoms with Gasteiger partial charge in [0.25, 0.3) is 0 Å². The Balaban J connectivity index is 5.04. The van der Waals surface area contributed by atoms with Crippen LogP contribution in [0, 0.1) is 5.41 Å². The molecule has 0 saturated carbocycles. The van der Waals surface area contributed by atoms with Crippen molar-refractivity contribution in [3.63, 3.8) is 0 Å². The average Bonchev–Trinajstić information content (AvgIpc) is 2.13. The summed E-state index contributed by atoms with van der Waals surface area (Å²) in [7, 11) is -3.43. The summed E-state index contributed by atoms with van der Waals surface area (Å²) in [5.41, 5.74) is -0.114. The van der Waals surface area contributed by atoms with Crippen molar-refractivity contribution in [2.24, 2.45) is 5.41 Å². The van der Waals surface area contributed by atoms with Crippen molar-refractivity contribution in [2.45, 2.75) is 51.8 Å². The van der Waals surface area contributed by atoms with Crippen molar-refractivity contribution in [3.05, 3.63) is 0 Å². The number of hydrogen-bond donors (Lipinski definition) is 1. The van der Waals surface area contributed by atoms with E-state index in [-0.39, 0.29) is 11.5 Å². The van der Waals surface area contributed by atoms with Gasteiger partial charge in [-0.15, -0.1) is 0 Å². The van der Waals surface area contributed by atoms with Gasteiger partial charge in [-0.2, -0.15) is 0 Å². The van der Waals surface area contributed by atoms with E-state index in [4.69, 9.17) is 0 Å². The van der Waals surface area contributed by atoms with Crippen molar-refractivity contribution in [1.29, 1.82) is 0 Å². The fourth-order valence-electron chi connectivity index (χ4n) is 1.33. The Morgan fingerprint density at radius 3 is 1.94 bits per heavy atom. The summed E-state index contributed by atoms with van der Waals surface area (Å²) < 4.78 is 21.8. The van der Waals surface area contributed by atoms with Gasteiger partial charge in [0.1, 0.15) is 4.75 Å². The lowest BCUT2D eigenvalue weighted by Gasteiger charge is -2.34. The Labute approximate surface area is 119 Å². The van der Waals surface area contributed by atoms with Gasteiger partial charge in [0.05, 0.1) is 0 Å². The quantitative estimate of drug-likeness (QED) is 0.779. The van der Waals surface area contributed by atoms with Crippen LogP contribution < -0.4 is 5.32 Å². The highest BCUT2D eigenvalue weighted by atomic mass is 79.9. The van der Waals surface area contributed by atoms with Crippen LogP contribution in [0.1, 0.15) is 41.0 Å². The smallest absolute Gasteiger partial charge is 0.241 e. The van der Waals surface area contributed by atoms with E-state index in [0.717, 1.165) is 18.0 Å². The molecule has 0 aromatic rings. The van der Waals surface area contributed by atoms with E-state index >= 15 is 0 Å². The third-order valence-corrected chi connectivity index (χ3v) is 5.72. The molecular weight excluding hydrogens is 318 g/mol. The third kappa shape index (κ3) is 4.53. The van der Waals surface area contributed by atoms with E-state index in [1.54, 1.807) is 0 Å². The molecule has 1 N–H and O–H groups in total. The van der Waals surface area contributed by atoms with E-state index in [1.807, 2.05) is 20.8 Å². The van der Waals surface area contributed by atoms with Gasteiger partial charge in [-0.05, 0) is 25.7 Å². The Bertz CT molecular complexity index is 396. The highest BCUT2D eigenvalue weighted by molar-refractivity contribution is 9.09. The molecule has 1 atom stereocenters. The minimum Gasteiger partial charge on any atom is -0.351 e. The molecule has 0 bridgehead atoms. The molecule has 1 amide bonds. The van der Waals surface area contributed by atoms with Gasteiger partial charge >= 0.3 is 0 Å². The summed E-state index contributed by atoms with van der Waals surface area (Å²) in [6, 6.07) is -0.0644. The molecule has 1 unspecified atom stereocenters. The Morgan fingerprint density at radius 2 is 1.67 bits per heavy atom. The largest absolute Gasteiger partial charge is 0.351 e. The van der Waals surface area contributed by atoms with Crippen LogP contribution in [0.25, 0.3) is 0 Å². The molecule has 108 valence electrons. The summed E-state index contributed by atoms with van der Waals surface area (Å²) in [5.74, 6) is -0.439.